The number of nitrogens with zero attached hydrogens (tertiary/aromatic N) is 4. The van der Waals surface area contributed by atoms with Gasteiger partial charge in [-0.25, -0.2) is 18.4 Å². The van der Waals surface area contributed by atoms with Gasteiger partial charge in [0.05, 0.1) is 28.8 Å². The van der Waals surface area contributed by atoms with E-state index in [2.05, 4.69) is 49.3 Å². The monoisotopic (exact) mass is 628 g/mol. The number of carbonyl (C=O) groups excluding carboxylic acids is 1. The molecule has 1 aliphatic heterocycles. The van der Waals surface area contributed by atoms with Crippen molar-refractivity contribution in [3.63, 3.8) is 0 Å². The van der Waals surface area contributed by atoms with Gasteiger partial charge in [0.15, 0.2) is 0 Å². The molecule has 190 valence electrons. The standard InChI is InChI=1S/C26H25IN6O3S/c27-18-6-11-22-23(15-18)31-24(34)14-17-16-29-26(32-25(17)22)30-19-7-9-21(10-8-19)37(35,36)33(13-3-12-28)20-4-1-2-5-20/h6-11,15-16,20H,1-5,13-14H2,(H,31,34)(H,29,30,32). The van der Waals surface area contributed by atoms with Crippen LogP contribution in [0, 0.1) is 14.9 Å². The average Bonchev–Trinajstić information content (AvgIpc) is 3.36. The molecule has 2 N–H and O–H groups in total. The molecule has 0 spiro atoms. The first-order valence-corrected chi connectivity index (χ1v) is 14.6. The molecule has 1 aliphatic carbocycles. The van der Waals surface area contributed by atoms with Gasteiger partial charge in [-0.1, -0.05) is 12.8 Å². The van der Waals surface area contributed by atoms with E-state index in [1.807, 2.05) is 18.2 Å². The first-order valence-electron chi connectivity index (χ1n) is 12.1. The number of halogens is 1. The first kappa shape index (κ1) is 25.6. The topological polar surface area (TPSA) is 128 Å². The molecule has 2 heterocycles. The zero-order chi connectivity index (χ0) is 26.0. The van der Waals surface area contributed by atoms with Crippen LogP contribution in [-0.4, -0.2) is 41.2 Å². The van der Waals surface area contributed by atoms with Crippen molar-refractivity contribution >= 4 is 55.8 Å². The van der Waals surface area contributed by atoms with Gasteiger partial charge in [0, 0.05) is 45.6 Å². The summed E-state index contributed by atoms with van der Waals surface area (Å²) >= 11 is 2.20. The molecule has 0 unspecified atom stereocenters. The van der Waals surface area contributed by atoms with Crippen LogP contribution in [0.25, 0.3) is 11.3 Å². The van der Waals surface area contributed by atoms with E-state index >= 15 is 0 Å². The van der Waals surface area contributed by atoms with Crippen LogP contribution in [0.1, 0.15) is 37.7 Å². The summed E-state index contributed by atoms with van der Waals surface area (Å²) in [5.41, 5.74) is 3.56. The van der Waals surface area contributed by atoms with Gasteiger partial charge in [-0.2, -0.15) is 9.57 Å². The maximum Gasteiger partial charge on any atom is 0.243 e. The summed E-state index contributed by atoms with van der Waals surface area (Å²) in [6.45, 7) is 0.199. The lowest BCUT2D eigenvalue weighted by Gasteiger charge is -2.27. The number of anilines is 3. The highest BCUT2D eigenvalue weighted by atomic mass is 127. The molecule has 1 fully saturated rings. The zero-order valence-electron chi connectivity index (χ0n) is 19.9. The Morgan fingerprint density at radius 3 is 2.65 bits per heavy atom. The maximum absolute atomic E-state index is 13.4. The predicted octanol–water partition coefficient (Wildman–Crippen LogP) is 4.83. The second-order valence-electron chi connectivity index (χ2n) is 9.09. The molecule has 0 bridgehead atoms. The summed E-state index contributed by atoms with van der Waals surface area (Å²) in [5.74, 6) is 0.222. The Labute approximate surface area is 229 Å². The minimum absolute atomic E-state index is 0.0586. The molecule has 0 saturated heterocycles. The Hall–Kier alpha value is -3.08. The van der Waals surface area contributed by atoms with Crippen molar-refractivity contribution in [3.8, 4) is 17.3 Å². The summed E-state index contributed by atoms with van der Waals surface area (Å²) < 4.78 is 29.3. The second-order valence-corrected chi connectivity index (χ2v) is 12.2. The fourth-order valence-corrected chi connectivity index (χ4v) is 7.03. The molecule has 1 amide bonds. The van der Waals surface area contributed by atoms with Crippen molar-refractivity contribution in [3.05, 3.63) is 57.8 Å². The highest BCUT2D eigenvalue weighted by Gasteiger charge is 2.33. The van der Waals surface area contributed by atoms with E-state index in [9.17, 15) is 13.2 Å². The van der Waals surface area contributed by atoms with Crippen molar-refractivity contribution in [2.45, 2.75) is 49.5 Å². The van der Waals surface area contributed by atoms with Gasteiger partial charge >= 0.3 is 0 Å². The van der Waals surface area contributed by atoms with Gasteiger partial charge in [-0.15, -0.1) is 0 Å². The Balaban J connectivity index is 1.39. The molecule has 2 aliphatic rings. The van der Waals surface area contributed by atoms with Crippen molar-refractivity contribution in [2.75, 3.05) is 17.2 Å². The third kappa shape index (κ3) is 5.46. The van der Waals surface area contributed by atoms with Crippen molar-refractivity contribution in [1.29, 1.82) is 5.26 Å². The molecule has 5 rings (SSSR count). The number of hydrogen-bond acceptors (Lipinski definition) is 7. The van der Waals surface area contributed by atoms with Crippen molar-refractivity contribution in [1.82, 2.24) is 14.3 Å². The number of amides is 1. The molecule has 2 aromatic carbocycles. The van der Waals surface area contributed by atoms with E-state index in [4.69, 9.17) is 5.26 Å². The molecule has 1 saturated carbocycles. The first-order chi connectivity index (χ1) is 17.8. The summed E-state index contributed by atoms with van der Waals surface area (Å²) in [7, 11) is -3.72. The largest absolute Gasteiger partial charge is 0.325 e. The van der Waals surface area contributed by atoms with Gasteiger partial charge in [-0.05, 0) is 77.9 Å². The minimum Gasteiger partial charge on any atom is -0.325 e. The SMILES string of the molecule is N#CCCN(C1CCCC1)S(=O)(=O)c1ccc(Nc2ncc3c(n2)-c2ccc(I)cc2NC(=O)C3)cc1. The summed E-state index contributed by atoms with van der Waals surface area (Å²) in [6.07, 6.45) is 5.63. The van der Waals surface area contributed by atoms with Gasteiger partial charge in [0.1, 0.15) is 0 Å². The normalized spacial score (nSPS) is 15.4. The quantitative estimate of drug-likeness (QED) is 0.359. The number of nitrogens with one attached hydrogen (secondary N) is 2. The molecule has 0 atom stereocenters. The van der Waals surface area contributed by atoms with Crippen LogP contribution in [0.2, 0.25) is 0 Å². The summed E-state index contributed by atoms with van der Waals surface area (Å²) in [4.78, 5) is 21.6. The highest BCUT2D eigenvalue weighted by molar-refractivity contribution is 14.1. The molecule has 3 aromatic rings. The summed E-state index contributed by atoms with van der Waals surface area (Å²) in [5, 5.41) is 15.1. The smallest absolute Gasteiger partial charge is 0.243 e. The van der Waals surface area contributed by atoms with Crippen molar-refractivity contribution in [2.24, 2.45) is 0 Å². The van der Waals surface area contributed by atoms with E-state index < -0.39 is 10.0 Å². The van der Waals surface area contributed by atoms with Gasteiger partial charge in [0.2, 0.25) is 21.9 Å². The van der Waals surface area contributed by atoms with Gasteiger partial charge < -0.3 is 10.6 Å². The molecule has 11 heteroatoms. The highest BCUT2D eigenvalue weighted by Crippen LogP contribution is 2.34. The Morgan fingerprint density at radius 2 is 1.92 bits per heavy atom. The lowest BCUT2D eigenvalue weighted by atomic mass is 10.1. The molecular weight excluding hydrogens is 603 g/mol. The van der Waals surface area contributed by atoms with Crippen molar-refractivity contribution < 1.29 is 13.2 Å². The number of nitriles is 1. The predicted molar refractivity (Wildman–Crippen MR) is 149 cm³/mol. The van der Waals surface area contributed by atoms with E-state index in [1.54, 1.807) is 30.5 Å². The minimum atomic E-state index is -3.72. The number of carbonyl (C=O) groups is 1. The van der Waals surface area contributed by atoms with Gasteiger partial charge in [0.25, 0.3) is 0 Å². The maximum atomic E-state index is 13.4. The van der Waals surface area contributed by atoms with Crippen LogP contribution in [0.4, 0.5) is 17.3 Å². The average molecular weight is 628 g/mol. The van der Waals surface area contributed by atoms with Crippen LogP contribution < -0.4 is 10.6 Å². The lowest BCUT2D eigenvalue weighted by molar-refractivity contribution is -0.115. The van der Waals surface area contributed by atoms with Crippen LogP contribution in [0.3, 0.4) is 0 Å². The molecule has 1 aromatic heterocycles. The van der Waals surface area contributed by atoms with Crippen LogP contribution in [-0.2, 0) is 21.2 Å². The fourth-order valence-electron chi connectivity index (χ4n) is 4.85. The molecule has 0 radical (unpaired) electrons. The number of sulfonamides is 1. The summed E-state index contributed by atoms with van der Waals surface area (Å²) in [6, 6.07) is 14.3. The van der Waals surface area contributed by atoms with E-state index in [1.165, 1.54) is 4.31 Å². The fraction of sp³-hybridized carbons (Fsp3) is 0.308. The van der Waals surface area contributed by atoms with Crippen LogP contribution >= 0.6 is 22.6 Å². The zero-order valence-corrected chi connectivity index (χ0v) is 22.9. The third-order valence-corrected chi connectivity index (χ3v) is 9.26. The van der Waals surface area contributed by atoms with Crippen LogP contribution in [0.15, 0.2) is 53.6 Å². The Morgan fingerprint density at radius 1 is 1.16 bits per heavy atom. The number of hydrogen-bond donors (Lipinski definition) is 2. The van der Waals surface area contributed by atoms with Gasteiger partial charge in [-0.3, -0.25) is 4.79 Å². The van der Waals surface area contributed by atoms with E-state index in [0.29, 0.717) is 23.0 Å². The lowest BCUT2D eigenvalue weighted by Crippen LogP contribution is -2.39. The Kier molecular flexibility index (Phi) is 7.41. The molecule has 9 nitrogen and oxygen atoms in total. The number of aromatic nitrogens is 2. The van der Waals surface area contributed by atoms with Crippen LogP contribution in [0.5, 0.6) is 0 Å². The number of benzene rings is 2. The second kappa shape index (κ2) is 10.7. The number of rotatable bonds is 7. The third-order valence-electron chi connectivity index (χ3n) is 6.62. The van der Waals surface area contributed by atoms with E-state index in [-0.39, 0.29) is 36.2 Å². The molecule has 37 heavy (non-hydrogen) atoms. The Bertz CT molecular complexity index is 1480. The number of fused-ring (bicyclic) bond motifs is 3. The molecular formula is C26H25IN6O3S. The van der Waals surface area contributed by atoms with E-state index in [0.717, 1.165) is 40.4 Å².